The highest BCUT2D eigenvalue weighted by Gasteiger charge is 2.56. The van der Waals surface area contributed by atoms with Gasteiger partial charge in [-0.3, -0.25) is 9.59 Å². The van der Waals surface area contributed by atoms with E-state index in [4.69, 9.17) is 31.5 Å². The number of hydrogen-bond donors (Lipinski definition) is 3. The van der Waals surface area contributed by atoms with Crippen molar-refractivity contribution in [1.29, 1.82) is 0 Å². The lowest BCUT2D eigenvalue weighted by atomic mass is 9.96. The maximum Gasteiger partial charge on any atom is 0.424 e. The first-order chi connectivity index (χ1) is 18.3. The molecule has 0 aliphatic carbocycles. The second kappa shape index (κ2) is 11.7. The van der Waals surface area contributed by atoms with Crippen molar-refractivity contribution in [2.24, 2.45) is 5.73 Å². The number of aliphatic hydroxyl groups is 1. The largest absolute Gasteiger partial charge is 0.494 e. The highest BCUT2D eigenvalue weighted by atomic mass is 35.5. The molecule has 208 valence electrons. The lowest BCUT2D eigenvalue weighted by Gasteiger charge is -2.30. The number of nitrogens with zero attached hydrogens (tertiary/aromatic N) is 1. The number of nitrogens with two attached hydrogens (primary N) is 1. The minimum absolute atomic E-state index is 0.00871. The van der Waals surface area contributed by atoms with Crippen LogP contribution in [-0.4, -0.2) is 55.5 Å². The Hall–Kier alpha value is -4.10. The minimum Gasteiger partial charge on any atom is -0.494 e. The molecule has 2 aromatic carbocycles. The van der Waals surface area contributed by atoms with Gasteiger partial charge in [-0.05, 0) is 48.5 Å². The van der Waals surface area contributed by atoms with Crippen LogP contribution in [0.3, 0.4) is 0 Å². The Bertz CT molecular complexity index is 1390. The van der Waals surface area contributed by atoms with Gasteiger partial charge >= 0.3 is 6.18 Å². The molecule has 0 bridgehead atoms. The average Bonchev–Trinajstić information content (AvgIpc) is 2.90. The first-order valence-corrected chi connectivity index (χ1v) is 11.4. The molecule has 4 N–H and O–H groups in total. The van der Waals surface area contributed by atoms with Gasteiger partial charge < -0.3 is 30.4 Å². The van der Waals surface area contributed by atoms with Crippen LogP contribution in [-0.2, 0) is 10.4 Å². The molecule has 0 unspecified atom stereocenters. The van der Waals surface area contributed by atoms with Gasteiger partial charge in [0.1, 0.15) is 17.3 Å². The number of alkyl halides is 3. The fourth-order valence-electron chi connectivity index (χ4n) is 3.41. The highest BCUT2D eigenvalue weighted by Crippen LogP contribution is 2.40. The van der Waals surface area contributed by atoms with Crippen molar-refractivity contribution in [3.63, 3.8) is 0 Å². The fourth-order valence-corrected chi connectivity index (χ4v) is 3.60. The third-order valence-electron chi connectivity index (χ3n) is 5.46. The van der Waals surface area contributed by atoms with Gasteiger partial charge in [0.15, 0.2) is 18.1 Å². The minimum atomic E-state index is -5.29. The van der Waals surface area contributed by atoms with Crippen LogP contribution in [0, 0.1) is 5.82 Å². The van der Waals surface area contributed by atoms with Crippen molar-refractivity contribution < 1.29 is 46.5 Å². The Kier molecular flexibility index (Phi) is 8.87. The Balaban J connectivity index is 1.93. The summed E-state index contributed by atoms with van der Waals surface area (Å²) in [5.41, 5.74) is 0.370. The average molecular weight is 572 g/mol. The molecule has 0 aliphatic rings. The van der Waals surface area contributed by atoms with E-state index >= 15 is 0 Å². The smallest absolute Gasteiger partial charge is 0.424 e. The van der Waals surface area contributed by atoms with Crippen LogP contribution in [0.4, 0.5) is 17.6 Å². The normalized spacial score (nSPS) is 12.8. The fraction of sp³-hybridized carbons (Fsp3) is 0.240. The summed E-state index contributed by atoms with van der Waals surface area (Å²) in [5.74, 6) is -2.40. The second-order valence-corrected chi connectivity index (χ2v) is 8.44. The molecule has 0 aliphatic heterocycles. The van der Waals surface area contributed by atoms with E-state index in [0.29, 0.717) is 0 Å². The molecule has 2 amide bonds. The maximum atomic E-state index is 14.2. The number of hydrogen-bond acceptors (Lipinski definition) is 7. The molecule has 1 aromatic heterocycles. The molecule has 3 rings (SSSR count). The van der Waals surface area contributed by atoms with Crippen molar-refractivity contribution in [3.8, 4) is 28.5 Å². The summed E-state index contributed by atoms with van der Waals surface area (Å²) in [7, 11) is 2.50. The van der Waals surface area contributed by atoms with Gasteiger partial charge in [-0.25, -0.2) is 9.37 Å². The molecule has 0 saturated carbocycles. The first-order valence-electron chi connectivity index (χ1n) is 11.0. The zero-order chi connectivity index (χ0) is 29.0. The number of aromatic nitrogens is 1. The maximum absolute atomic E-state index is 14.2. The summed E-state index contributed by atoms with van der Waals surface area (Å²) in [6.07, 6.45) is -5.29. The zero-order valence-electron chi connectivity index (χ0n) is 20.4. The van der Waals surface area contributed by atoms with E-state index in [0.717, 1.165) is 24.3 Å². The standard InChI is InChI=1S/C25H22ClF4N3O6/c1-37-18-7-8-20(33-22(18)13-3-5-16(27)15(26)9-13)24(36,25(28,29)30)12-32-23(35)14-4-6-17(19(10-14)38-2)39-11-21(31)34/h3-10,36H,11-12H2,1-2H3,(H2,31,34)(H,32,35)/t24-/m1/s1. The Morgan fingerprint density at radius 3 is 2.28 bits per heavy atom. The molecule has 39 heavy (non-hydrogen) atoms. The van der Waals surface area contributed by atoms with E-state index in [1.54, 1.807) is 0 Å². The summed E-state index contributed by atoms with van der Waals surface area (Å²) in [4.78, 5) is 27.6. The quantitative estimate of drug-likeness (QED) is 0.317. The summed E-state index contributed by atoms with van der Waals surface area (Å²) in [6.45, 7) is -1.79. The number of primary amides is 1. The van der Waals surface area contributed by atoms with Gasteiger partial charge in [0.05, 0.1) is 31.5 Å². The Morgan fingerprint density at radius 2 is 1.69 bits per heavy atom. The number of pyridine rings is 1. The SMILES string of the molecule is COc1cc(C(=O)NC[C@@](O)(c2ccc(OC)c(-c3ccc(F)c(Cl)c3)n2)C(F)(F)F)ccc1OCC(N)=O. The number of carbonyl (C=O) groups excluding carboxylic acids is 2. The third kappa shape index (κ3) is 6.49. The number of benzene rings is 2. The molecule has 0 spiro atoms. The molecule has 0 radical (unpaired) electrons. The molecule has 9 nitrogen and oxygen atoms in total. The number of amides is 2. The zero-order valence-corrected chi connectivity index (χ0v) is 21.2. The lowest BCUT2D eigenvalue weighted by molar-refractivity contribution is -0.265. The van der Waals surface area contributed by atoms with Crippen LogP contribution in [0.1, 0.15) is 16.1 Å². The van der Waals surface area contributed by atoms with Crippen LogP contribution >= 0.6 is 11.6 Å². The number of halogens is 5. The lowest BCUT2D eigenvalue weighted by Crippen LogP contribution is -2.51. The Morgan fingerprint density at radius 1 is 1.03 bits per heavy atom. The molecule has 14 heteroatoms. The van der Waals surface area contributed by atoms with Gasteiger partial charge in [-0.1, -0.05) is 11.6 Å². The molecular weight excluding hydrogens is 550 g/mol. The molecular formula is C25H22ClF4N3O6. The number of ether oxygens (including phenoxy) is 3. The van der Waals surface area contributed by atoms with Gasteiger partial charge in [-0.15, -0.1) is 0 Å². The third-order valence-corrected chi connectivity index (χ3v) is 5.75. The number of nitrogens with one attached hydrogen (secondary N) is 1. The first kappa shape index (κ1) is 29.5. The number of carbonyl (C=O) groups is 2. The van der Waals surface area contributed by atoms with Crippen molar-refractivity contribution in [2.45, 2.75) is 11.8 Å². The van der Waals surface area contributed by atoms with E-state index in [2.05, 4.69) is 4.98 Å². The van der Waals surface area contributed by atoms with Crippen molar-refractivity contribution >= 4 is 23.4 Å². The number of rotatable bonds is 10. The van der Waals surface area contributed by atoms with Crippen molar-refractivity contribution in [1.82, 2.24) is 10.3 Å². The summed E-state index contributed by atoms with van der Waals surface area (Å²) in [6, 6.07) is 9.05. The van der Waals surface area contributed by atoms with Crippen LogP contribution in [0.5, 0.6) is 17.2 Å². The van der Waals surface area contributed by atoms with Crippen LogP contribution in [0.25, 0.3) is 11.3 Å². The molecule has 1 atom stereocenters. The summed E-state index contributed by atoms with van der Waals surface area (Å²) >= 11 is 5.81. The molecule has 3 aromatic rings. The predicted octanol–water partition coefficient (Wildman–Crippen LogP) is 3.60. The monoisotopic (exact) mass is 571 g/mol. The highest BCUT2D eigenvalue weighted by molar-refractivity contribution is 6.31. The molecule has 0 fully saturated rings. The van der Waals surface area contributed by atoms with Gasteiger partial charge in [0.2, 0.25) is 5.60 Å². The second-order valence-electron chi connectivity index (χ2n) is 8.04. The van der Waals surface area contributed by atoms with E-state index in [1.165, 1.54) is 38.5 Å². The molecule has 1 heterocycles. The van der Waals surface area contributed by atoms with Crippen LogP contribution < -0.4 is 25.3 Å². The van der Waals surface area contributed by atoms with E-state index in [-0.39, 0.29) is 39.1 Å². The predicted molar refractivity (Wildman–Crippen MR) is 131 cm³/mol. The summed E-state index contributed by atoms with van der Waals surface area (Å²) in [5, 5.41) is 12.5. The number of methoxy groups -OCH3 is 2. The van der Waals surface area contributed by atoms with Gasteiger partial charge in [0, 0.05) is 11.1 Å². The van der Waals surface area contributed by atoms with Gasteiger partial charge in [0.25, 0.3) is 11.8 Å². The topological polar surface area (TPSA) is 133 Å². The summed E-state index contributed by atoms with van der Waals surface area (Å²) < 4.78 is 71.6. The molecule has 0 saturated heterocycles. The van der Waals surface area contributed by atoms with E-state index in [1.807, 2.05) is 5.32 Å². The van der Waals surface area contributed by atoms with Crippen molar-refractivity contribution in [3.05, 3.63) is 70.6 Å². The van der Waals surface area contributed by atoms with Gasteiger partial charge in [-0.2, -0.15) is 13.2 Å². The Labute approximate surface area is 224 Å². The van der Waals surface area contributed by atoms with Crippen LogP contribution in [0.2, 0.25) is 5.02 Å². The van der Waals surface area contributed by atoms with Crippen LogP contribution in [0.15, 0.2) is 48.5 Å². The van der Waals surface area contributed by atoms with Crippen molar-refractivity contribution in [2.75, 3.05) is 27.4 Å². The van der Waals surface area contributed by atoms with E-state index < -0.39 is 48.3 Å². The van der Waals surface area contributed by atoms with E-state index in [9.17, 15) is 32.3 Å².